The molecule has 1 N–H and O–H groups in total. The van der Waals surface area contributed by atoms with Crippen LogP contribution in [-0.4, -0.2) is 30.2 Å². The minimum absolute atomic E-state index is 0.605. The molecule has 15 heavy (non-hydrogen) atoms. The Morgan fingerprint density at radius 3 is 1.73 bits per heavy atom. The Kier molecular flexibility index (Phi) is 8.02. The molecule has 0 amide bonds. The Bertz CT molecular complexity index is 136. The lowest BCUT2D eigenvalue weighted by molar-refractivity contribution is -0.269. The predicted octanol–water partition coefficient (Wildman–Crippen LogP) is 2.72. The Hall–Kier alpha value is -0.120. The third-order valence-corrected chi connectivity index (χ3v) is 2.53. The van der Waals surface area contributed by atoms with Gasteiger partial charge in [0.2, 0.25) is 0 Å². The highest BCUT2D eigenvalue weighted by Crippen LogP contribution is 2.18. The van der Waals surface area contributed by atoms with E-state index >= 15 is 0 Å². The number of aliphatic hydroxyl groups excluding tert-OH is 1. The third kappa shape index (κ3) is 6.13. The molecule has 0 aromatic carbocycles. The molecule has 3 nitrogen and oxygen atoms in total. The Labute approximate surface area is 93.8 Å². The van der Waals surface area contributed by atoms with E-state index in [1.54, 1.807) is 6.92 Å². The number of unbranched alkanes of at least 4 members (excludes halogenated alkanes) is 2. The van der Waals surface area contributed by atoms with Crippen LogP contribution in [0.25, 0.3) is 0 Å². The average Bonchev–Trinajstić information content (AvgIpc) is 2.18. The van der Waals surface area contributed by atoms with Gasteiger partial charge in [-0.05, 0) is 26.7 Å². The van der Waals surface area contributed by atoms with E-state index in [-0.39, 0.29) is 0 Å². The minimum Gasteiger partial charge on any atom is -0.388 e. The molecule has 0 aliphatic rings. The fourth-order valence-corrected chi connectivity index (χ4v) is 1.12. The molecule has 0 fully saturated rings. The number of aliphatic hydroxyl groups is 1. The zero-order valence-electron chi connectivity index (χ0n) is 10.6. The Morgan fingerprint density at radius 2 is 1.47 bits per heavy atom. The molecule has 0 bridgehead atoms. The Morgan fingerprint density at radius 1 is 1.07 bits per heavy atom. The van der Waals surface area contributed by atoms with E-state index in [2.05, 4.69) is 13.8 Å². The maximum Gasteiger partial charge on any atom is 0.191 e. The monoisotopic (exact) mass is 218 g/mol. The van der Waals surface area contributed by atoms with Gasteiger partial charge in [-0.2, -0.15) is 0 Å². The zero-order valence-corrected chi connectivity index (χ0v) is 10.6. The van der Waals surface area contributed by atoms with Gasteiger partial charge in [0.25, 0.3) is 0 Å². The fraction of sp³-hybridized carbons (Fsp3) is 1.00. The second-order valence-corrected chi connectivity index (χ2v) is 4.10. The first-order valence-electron chi connectivity index (χ1n) is 6.02. The van der Waals surface area contributed by atoms with Gasteiger partial charge >= 0.3 is 0 Å². The molecule has 0 aromatic rings. The summed E-state index contributed by atoms with van der Waals surface area (Å²) < 4.78 is 11.2. The molecule has 0 rings (SSSR count). The largest absolute Gasteiger partial charge is 0.388 e. The van der Waals surface area contributed by atoms with Crippen molar-refractivity contribution < 1.29 is 14.6 Å². The molecule has 0 saturated heterocycles. The number of ether oxygens (including phenoxy) is 2. The second-order valence-electron chi connectivity index (χ2n) is 4.10. The summed E-state index contributed by atoms with van der Waals surface area (Å²) in [6.45, 7) is 9.02. The van der Waals surface area contributed by atoms with Crippen molar-refractivity contribution >= 4 is 0 Å². The topological polar surface area (TPSA) is 38.7 Å². The van der Waals surface area contributed by atoms with Crippen molar-refractivity contribution in [2.24, 2.45) is 0 Å². The first-order valence-corrected chi connectivity index (χ1v) is 6.02. The van der Waals surface area contributed by atoms with Crippen LogP contribution >= 0.6 is 0 Å². The van der Waals surface area contributed by atoms with Crippen LogP contribution in [-0.2, 0) is 9.47 Å². The standard InChI is InChI=1S/C12H26O3/c1-5-7-9-14-12(4,11(3)13)15-10-8-6-2/h11,13H,5-10H2,1-4H3. The van der Waals surface area contributed by atoms with Gasteiger partial charge in [-0.15, -0.1) is 0 Å². The van der Waals surface area contributed by atoms with Crippen LogP contribution in [0, 0.1) is 0 Å². The summed E-state index contributed by atoms with van der Waals surface area (Å²) in [5.41, 5.74) is 0. The van der Waals surface area contributed by atoms with Crippen LogP contribution in [0.5, 0.6) is 0 Å². The van der Waals surface area contributed by atoms with Crippen molar-refractivity contribution in [2.45, 2.75) is 65.3 Å². The average molecular weight is 218 g/mol. The molecule has 0 aliphatic carbocycles. The van der Waals surface area contributed by atoms with E-state index < -0.39 is 11.9 Å². The molecule has 0 heterocycles. The van der Waals surface area contributed by atoms with Gasteiger partial charge < -0.3 is 14.6 Å². The van der Waals surface area contributed by atoms with Crippen molar-refractivity contribution in [3.8, 4) is 0 Å². The molecular weight excluding hydrogens is 192 g/mol. The van der Waals surface area contributed by atoms with Gasteiger partial charge in [0, 0.05) is 0 Å². The lowest BCUT2D eigenvalue weighted by atomic mass is 10.2. The number of hydrogen-bond donors (Lipinski definition) is 1. The lowest BCUT2D eigenvalue weighted by Crippen LogP contribution is -2.43. The van der Waals surface area contributed by atoms with Crippen molar-refractivity contribution in [3.63, 3.8) is 0 Å². The van der Waals surface area contributed by atoms with Gasteiger partial charge in [0.1, 0.15) is 6.10 Å². The summed E-state index contributed by atoms with van der Waals surface area (Å²) in [4.78, 5) is 0. The SMILES string of the molecule is CCCCOC(C)(OCCCC)C(C)O. The van der Waals surface area contributed by atoms with Crippen LogP contribution < -0.4 is 0 Å². The third-order valence-electron chi connectivity index (χ3n) is 2.53. The van der Waals surface area contributed by atoms with E-state index in [4.69, 9.17) is 9.47 Å². The van der Waals surface area contributed by atoms with Gasteiger partial charge in [-0.1, -0.05) is 26.7 Å². The maximum absolute atomic E-state index is 9.62. The van der Waals surface area contributed by atoms with Crippen LogP contribution in [0.4, 0.5) is 0 Å². The van der Waals surface area contributed by atoms with E-state index in [1.165, 1.54) is 0 Å². The van der Waals surface area contributed by atoms with E-state index in [0.717, 1.165) is 25.7 Å². The molecule has 0 spiro atoms. The highest BCUT2D eigenvalue weighted by molar-refractivity contribution is 4.70. The lowest BCUT2D eigenvalue weighted by Gasteiger charge is -2.32. The summed E-state index contributed by atoms with van der Waals surface area (Å²) >= 11 is 0. The second kappa shape index (κ2) is 8.08. The molecule has 0 aromatic heterocycles. The highest BCUT2D eigenvalue weighted by Gasteiger charge is 2.31. The fourth-order valence-electron chi connectivity index (χ4n) is 1.12. The minimum atomic E-state index is -0.843. The first kappa shape index (κ1) is 14.9. The number of hydrogen-bond acceptors (Lipinski definition) is 3. The van der Waals surface area contributed by atoms with Crippen molar-refractivity contribution in [3.05, 3.63) is 0 Å². The zero-order chi connectivity index (χ0) is 11.7. The van der Waals surface area contributed by atoms with Gasteiger partial charge in [0.05, 0.1) is 13.2 Å². The quantitative estimate of drug-likeness (QED) is 0.478. The first-order chi connectivity index (χ1) is 7.06. The molecule has 0 radical (unpaired) electrons. The molecule has 1 atom stereocenters. The summed E-state index contributed by atoms with van der Waals surface area (Å²) in [7, 11) is 0. The molecule has 0 aliphatic heterocycles. The van der Waals surface area contributed by atoms with Gasteiger partial charge in [0.15, 0.2) is 5.79 Å². The van der Waals surface area contributed by atoms with Crippen LogP contribution in [0.3, 0.4) is 0 Å². The molecule has 3 heteroatoms. The van der Waals surface area contributed by atoms with Crippen molar-refractivity contribution in [2.75, 3.05) is 13.2 Å². The Balaban J connectivity index is 3.95. The van der Waals surface area contributed by atoms with Crippen LogP contribution in [0.1, 0.15) is 53.4 Å². The van der Waals surface area contributed by atoms with Crippen LogP contribution in [0.2, 0.25) is 0 Å². The van der Waals surface area contributed by atoms with E-state index in [1.807, 2.05) is 6.92 Å². The smallest absolute Gasteiger partial charge is 0.191 e. The predicted molar refractivity (Wildman–Crippen MR) is 61.8 cm³/mol. The summed E-state index contributed by atoms with van der Waals surface area (Å²) in [5, 5.41) is 9.62. The summed E-state index contributed by atoms with van der Waals surface area (Å²) in [6.07, 6.45) is 3.57. The normalized spacial score (nSPS) is 14.2. The maximum atomic E-state index is 9.62. The molecular formula is C12H26O3. The van der Waals surface area contributed by atoms with Crippen molar-refractivity contribution in [1.29, 1.82) is 0 Å². The number of rotatable bonds is 9. The molecule has 92 valence electrons. The highest BCUT2D eigenvalue weighted by atomic mass is 16.7. The van der Waals surface area contributed by atoms with Crippen LogP contribution in [0.15, 0.2) is 0 Å². The van der Waals surface area contributed by atoms with Crippen molar-refractivity contribution in [1.82, 2.24) is 0 Å². The molecule has 0 saturated carbocycles. The molecule has 1 unspecified atom stereocenters. The van der Waals surface area contributed by atoms with E-state index in [9.17, 15) is 5.11 Å². The summed E-state index contributed by atoms with van der Waals surface area (Å²) in [6, 6.07) is 0. The van der Waals surface area contributed by atoms with Gasteiger partial charge in [-0.3, -0.25) is 0 Å². The van der Waals surface area contributed by atoms with E-state index in [0.29, 0.717) is 13.2 Å². The summed E-state index contributed by atoms with van der Waals surface area (Å²) in [5.74, 6) is -0.843. The van der Waals surface area contributed by atoms with Gasteiger partial charge in [-0.25, -0.2) is 0 Å².